The molecular weight excluding hydrogens is 408 g/mol. The van der Waals surface area contributed by atoms with Crippen LogP contribution < -0.4 is 5.32 Å². The Morgan fingerprint density at radius 3 is 2.74 bits per heavy atom. The Kier molecular flexibility index (Phi) is 4.99. The normalized spacial score (nSPS) is 21.3. The summed E-state index contributed by atoms with van der Waals surface area (Å²) < 4.78 is 2.34. The van der Waals surface area contributed by atoms with Crippen LogP contribution in [0.4, 0.5) is 0 Å². The molecule has 1 fully saturated rings. The molecular formula is C19H23BrN6O. The van der Waals surface area contributed by atoms with Crippen LogP contribution in [0, 0.1) is 11.8 Å². The summed E-state index contributed by atoms with van der Waals surface area (Å²) in [5.41, 5.74) is 2.07. The summed E-state index contributed by atoms with van der Waals surface area (Å²) >= 11 is 3.39. The Balaban J connectivity index is 1.66. The zero-order chi connectivity index (χ0) is 19.0. The summed E-state index contributed by atoms with van der Waals surface area (Å²) in [6.07, 6.45) is 6.13. The third-order valence-corrected chi connectivity index (χ3v) is 5.94. The Labute approximate surface area is 166 Å². The van der Waals surface area contributed by atoms with Gasteiger partial charge in [0.15, 0.2) is 5.65 Å². The van der Waals surface area contributed by atoms with Gasteiger partial charge >= 0.3 is 0 Å². The van der Waals surface area contributed by atoms with E-state index in [1.54, 1.807) is 24.0 Å². The summed E-state index contributed by atoms with van der Waals surface area (Å²) in [6.45, 7) is 2.29. The van der Waals surface area contributed by atoms with Gasteiger partial charge in [-0.3, -0.25) is 9.48 Å². The van der Waals surface area contributed by atoms with Gasteiger partial charge in [0.1, 0.15) is 16.1 Å². The molecule has 3 aromatic rings. The van der Waals surface area contributed by atoms with Crippen molar-refractivity contribution in [2.24, 2.45) is 18.9 Å². The van der Waals surface area contributed by atoms with Gasteiger partial charge in [-0.15, -0.1) is 0 Å². The van der Waals surface area contributed by atoms with E-state index in [4.69, 9.17) is 4.98 Å². The van der Waals surface area contributed by atoms with Gasteiger partial charge in [0, 0.05) is 13.2 Å². The van der Waals surface area contributed by atoms with E-state index in [-0.39, 0.29) is 11.9 Å². The summed E-state index contributed by atoms with van der Waals surface area (Å²) in [6, 6.07) is 5.39. The number of halogens is 1. The largest absolute Gasteiger partial charge is 0.340 e. The van der Waals surface area contributed by atoms with E-state index in [0.717, 1.165) is 34.7 Å². The van der Waals surface area contributed by atoms with Gasteiger partial charge in [-0.25, -0.2) is 9.97 Å². The Hall–Kier alpha value is -2.22. The SMILES string of the molecule is CC1CCC([C@H](NC(=O)c2ccnn2C)c2nc3nc(Br)ccc3[nH]2)CC1. The van der Waals surface area contributed by atoms with Crippen LogP contribution in [0.15, 0.2) is 29.0 Å². The van der Waals surface area contributed by atoms with Gasteiger partial charge in [-0.2, -0.15) is 5.10 Å². The second kappa shape index (κ2) is 7.42. The maximum Gasteiger partial charge on any atom is 0.270 e. The minimum absolute atomic E-state index is 0.131. The summed E-state index contributed by atoms with van der Waals surface area (Å²) in [5.74, 6) is 1.73. The van der Waals surface area contributed by atoms with Crippen molar-refractivity contribution in [2.75, 3.05) is 0 Å². The van der Waals surface area contributed by atoms with Gasteiger partial charge in [0.2, 0.25) is 0 Å². The van der Waals surface area contributed by atoms with E-state index < -0.39 is 0 Å². The van der Waals surface area contributed by atoms with Crippen LogP contribution in [0.1, 0.15) is 55.0 Å². The molecule has 1 aliphatic rings. The number of imidazole rings is 1. The van der Waals surface area contributed by atoms with Crippen molar-refractivity contribution in [3.05, 3.63) is 40.5 Å². The number of hydrogen-bond acceptors (Lipinski definition) is 4. The number of H-pyrrole nitrogens is 1. The molecule has 27 heavy (non-hydrogen) atoms. The predicted octanol–water partition coefficient (Wildman–Crippen LogP) is 3.75. The van der Waals surface area contributed by atoms with Gasteiger partial charge in [0.05, 0.1) is 11.6 Å². The molecule has 1 atom stereocenters. The monoisotopic (exact) mass is 430 g/mol. The predicted molar refractivity (Wildman–Crippen MR) is 106 cm³/mol. The zero-order valence-electron chi connectivity index (χ0n) is 15.4. The third-order valence-electron chi connectivity index (χ3n) is 5.50. The van der Waals surface area contributed by atoms with E-state index in [2.05, 4.69) is 43.2 Å². The standard InChI is InChI=1S/C19H23BrN6O/c1-11-3-5-12(6-4-11)16(24-19(27)14-9-10-21-26(14)2)18-22-13-7-8-15(20)23-17(13)25-18/h7-12,16H,3-6H2,1-2H3,(H,24,27)(H,22,23,25)/t11?,12?,16-/m0/s1. The van der Waals surface area contributed by atoms with Crippen LogP contribution in [-0.2, 0) is 7.05 Å². The molecule has 0 bridgehead atoms. The van der Waals surface area contributed by atoms with Crippen LogP contribution in [0.2, 0.25) is 0 Å². The van der Waals surface area contributed by atoms with E-state index in [1.165, 1.54) is 12.8 Å². The molecule has 8 heteroatoms. The van der Waals surface area contributed by atoms with Crippen molar-refractivity contribution < 1.29 is 4.79 Å². The molecule has 2 N–H and O–H groups in total. The molecule has 0 aromatic carbocycles. The van der Waals surface area contributed by atoms with Crippen molar-refractivity contribution in [3.63, 3.8) is 0 Å². The number of nitrogens with one attached hydrogen (secondary N) is 2. The Morgan fingerprint density at radius 2 is 2.04 bits per heavy atom. The summed E-state index contributed by atoms with van der Waals surface area (Å²) in [5, 5.41) is 7.31. The molecule has 0 aliphatic heterocycles. The molecule has 142 valence electrons. The number of pyridine rings is 1. The number of carbonyl (C=O) groups is 1. The fourth-order valence-electron chi connectivity index (χ4n) is 3.88. The first-order chi connectivity index (χ1) is 13.0. The first-order valence-corrected chi connectivity index (χ1v) is 10.1. The van der Waals surface area contributed by atoms with Gasteiger partial charge in [0.25, 0.3) is 5.91 Å². The molecule has 0 saturated heterocycles. The van der Waals surface area contributed by atoms with Crippen LogP contribution in [-0.4, -0.2) is 30.6 Å². The molecule has 1 aliphatic carbocycles. The molecule has 1 saturated carbocycles. The number of amides is 1. The van der Waals surface area contributed by atoms with Crippen molar-refractivity contribution >= 4 is 33.0 Å². The highest BCUT2D eigenvalue weighted by Gasteiger charge is 2.31. The lowest BCUT2D eigenvalue weighted by Gasteiger charge is -2.32. The molecule has 3 aromatic heterocycles. The van der Waals surface area contributed by atoms with Crippen LogP contribution in [0.5, 0.6) is 0 Å². The maximum atomic E-state index is 12.8. The quantitative estimate of drug-likeness (QED) is 0.616. The highest BCUT2D eigenvalue weighted by atomic mass is 79.9. The number of carbonyl (C=O) groups excluding carboxylic acids is 1. The molecule has 7 nitrogen and oxygen atoms in total. The smallest absolute Gasteiger partial charge is 0.270 e. The zero-order valence-corrected chi connectivity index (χ0v) is 17.0. The van der Waals surface area contributed by atoms with Crippen LogP contribution >= 0.6 is 15.9 Å². The van der Waals surface area contributed by atoms with Crippen molar-refractivity contribution in [1.82, 2.24) is 30.0 Å². The van der Waals surface area contributed by atoms with E-state index in [1.807, 2.05) is 12.1 Å². The molecule has 0 spiro atoms. The van der Waals surface area contributed by atoms with Crippen molar-refractivity contribution in [2.45, 2.75) is 38.6 Å². The fourth-order valence-corrected chi connectivity index (χ4v) is 4.18. The van der Waals surface area contributed by atoms with E-state index in [9.17, 15) is 4.79 Å². The summed E-state index contributed by atoms with van der Waals surface area (Å²) in [4.78, 5) is 25.3. The maximum absolute atomic E-state index is 12.8. The van der Waals surface area contributed by atoms with Crippen molar-refractivity contribution in [3.8, 4) is 0 Å². The highest BCUT2D eigenvalue weighted by molar-refractivity contribution is 9.10. The van der Waals surface area contributed by atoms with E-state index in [0.29, 0.717) is 17.3 Å². The van der Waals surface area contributed by atoms with Crippen LogP contribution in [0.3, 0.4) is 0 Å². The average molecular weight is 431 g/mol. The number of rotatable bonds is 4. The minimum Gasteiger partial charge on any atom is -0.340 e. The first-order valence-electron chi connectivity index (χ1n) is 9.32. The number of aromatic amines is 1. The van der Waals surface area contributed by atoms with E-state index >= 15 is 0 Å². The number of hydrogen-bond donors (Lipinski definition) is 2. The summed E-state index contributed by atoms with van der Waals surface area (Å²) in [7, 11) is 1.77. The van der Waals surface area contributed by atoms with Gasteiger partial charge in [-0.05, 0) is 58.8 Å². The van der Waals surface area contributed by atoms with Gasteiger partial charge in [-0.1, -0.05) is 19.8 Å². The van der Waals surface area contributed by atoms with Crippen LogP contribution in [0.25, 0.3) is 11.2 Å². The number of nitrogens with zero attached hydrogens (tertiary/aromatic N) is 4. The first kappa shape index (κ1) is 18.2. The van der Waals surface area contributed by atoms with Gasteiger partial charge < -0.3 is 10.3 Å². The Morgan fingerprint density at radius 1 is 1.26 bits per heavy atom. The second-order valence-corrected chi connectivity index (χ2v) is 8.25. The highest BCUT2D eigenvalue weighted by Crippen LogP contribution is 2.36. The number of aromatic nitrogens is 5. The fraction of sp³-hybridized carbons (Fsp3) is 0.474. The lowest BCUT2D eigenvalue weighted by Crippen LogP contribution is -2.36. The number of fused-ring (bicyclic) bond motifs is 1. The minimum atomic E-state index is -0.173. The lowest BCUT2D eigenvalue weighted by atomic mass is 9.79. The Bertz CT molecular complexity index is 956. The lowest BCUT2D eigenvalue weighted by molar-refractivity contribution is 0.0895. The molecule has 4 rings (SSSR count). The molecule has 1 amide bonds. The van der Waals surface area contributed by atoms with Crippen molar-refractivity contribution in [1.29, 1.82) is 0 Å². The average Bonchev–Trinajstić information content (AvgIpc) is 3.26. The number of aryl methyl sites for hydroxylation is 1. The molecule has 0 radical (unpaired) electrons. The molecule has 0 unspecified atom stereocenters. The molecule has 3 heterocycles. The topological polar surface area (TPSA) is 88.5 Å². The second-order valence-electron chi connectivity index (χ2n) is 7.44. The third kappa shape index (κ3) is 3.76.